The minimum Gasteiger partial charge on any atom is -0.494 e. The monoisotopic (exact) mass is 1420 g/mol. The highest BCUT2D eigenvalue weighted by Gasteiger charge is 2.51. The van der Waals surface area contributed by atoms with Crippen LogP contribution in [0.15, 0.2) is 175 Å². The molecule has 1 aliphatic heterocycles. The van der Waals surface area contributed by atoms with Gasteiger partial charge in [-0.05, 0) is 189 Å². The number of benzene rings is 6. The molecule has 1 fully saturated rings. The maximum Gasteiger partial charge on any atom is 0.494 e. The summed E-state index contributed by atoms with van der Waals surface area (Å²) >= 11 is 3.35. The van der Waals surface area contributed by atoms with Crippen LogP contribution in [0.2, 0.25) is 0 Å². The molecule has 3 N–H and O–H groups in total. The number of ether oxygens (including phenoxy) is 3. The Morgan fingerprint density at radius 1 is 0.530 bits per heavy atom. The van der Waals surface area contributed by atoms with Gasteiger partial charge in [0, 0.05) is 53.3 Å². The van der Waals surface area contributed by atoms with Gasteiger partial charge in [0.1, 0.15) is 40.1 Å². The molecule has 9 rings (SSSR count). The van der Waals surface area contributed by atoms with Crippen LogP contribution in [0.1, 0.15) is 211 Å². The third-order valence-electron chi connectivity index (χ3n) is 17.7. The van der Waals surface area contributed by atoms with E-state index in [1.54, 1.807) is 36.9 Å². The Balaban J connectivity index is 0.000000224. The van der Waals surface area contributed by atoms with Gasteiger partial charge in [-0.2, -0.15) is 0 Å². The maximum atomic E-state index is 13.1. The Labute approximate surface area is 603 Å². The average molecular weight is 1430 g/mol. The van der Waals surface area contributed by atoms with Gasteiger partial charge in [-0.15, -0.1) is 0 Å². The SMILES string of the molecule is CC(C)(C)OC(=O)[C@H](Cc1ccc(B2OC(C)(C)C(C)(C)O2)cc1)NC(=O)c1ccc(C(C)(C)C)cc1.CCCCCCCOc1ccc(-n2cnc(-c3ccc(C[C@H](NC(=O)c4ccc(C(C)(C)C)cc4)C(=O)O)cc3)c2)cc1.CCCCCCCOc1ccc(-n2cnc(Br)c2)cc1. The highest BCUT2D eigenvalue weighted by Crippen LogP contribution is 2.37. The Hall–Kier alpha value is -8.32. The van der Waals surface area contributed by atoms with Crippen LogP contribution in [0.3, 0.4) is 0 Å². The third kappa shape index (κ3) is 24.5. The Bertz CT molecular complexity index is 3830. The molecule has 0 unspecified atom stereocenters. The van der Waals surface area contributed by atoms with Crippen LogP contribution in [0.5, 0.6) is 11.5 Å². The first-order valence-corrected chi connectivity index (χ1v) is 36.1. The van der Waals surface area contributed by atoms with E-state index in [1.165, 1.54) is 51.4 Å². The fraction of sp³-hybridized carbons (Fsp3) is 0.439. The van der Waals surface area contributed by atoms with Crippen LogP contribution in [0.25, 0.3) is 22.6 Å². The molecular weight excluding hydrogens is 1320 g/mol. The number of hydrogen-bond acceptors (Lipinski definition) is 11. The van der Waals surface area contributed by atoms with Crippen LogP contribution >= 0.6 is 15.9 Å². The second-order valence-corrected chi connectivity index (χ2v) is 30.6. The molecule has 534 valence electrons. The predicted octanol–water partition coefficient (Wildman–Crippen LogP) is 17.6. The number of halogens is 1. The number of nitrogens with zero attached hydrogens (tertiary/aromatic N) is 4. The molecule has 18 heteroatoms. The summed E-state index contributed by atoms with van der Waals surface area (Å²) in [5, 5.41) is 15.3. The molecule has 8 aromatic rings. The lowest BCUT2D eigenvalue weighted by molar-refractivity contribution is -0.157. The van der Waals surface area contributed by atoms with Crippen molar-refractivity contribution in [1.82, 2.24) is 29.7 Å². The lowest BCUT2D eigenvalue weighted by Crippen LogP contribution is -2.45. The normalized spacial score (nSPS) is 13.9. The standard InChI is InChI=1S/C36H43N3O4.C30H42BNO5.C16H21BrN2O/c1-5-6-7-8-9-22-43-31-20-18-30(19-21-31)39-24-33(37-25-39)27-12-10-26(11-13-27)23-32(35(41)42)38-34(40)28-14-16-29(17-15-28)36(2,3)4;1-27(2,3)22-15-13-21(14-16-22)25(33)32-24(26(34)35-28(4,5)6)19-20-11-17-23(18-12-20)31-36-29(7,8)30(9,10)37-31;1-2-3-4-5-6-11-20-15-9-7-14(8-10-15)19-12-16(17)18-13-19/h10-21,24-25,32H,5-9,22-23H2,1-4H3,(H,38,40)(H,41,42);11-18,24H,19H2,1-10H3,(H,32,33);7-10,12-13H,2-6,11H2,1H3/t32-;24-;/m00./s1. The van der Waals surface area contributed by atoms with Crippen molar-refractivity contribution in [2.45, 2.75) is 221 Å². The molecule has 1 saturated heterocycles. The van der Waals surface area contributed by atoms with E-state index >= 15 is 0 Å². The number of carboxylic acid groups (broad SMARTS) is 1. The lowest BCUT2D eigenvalue weighted by atomic mass is 9.78. The predicted molar refractivity (Wildman–Crippen MR) is 405 cm³/mol. The minimum atomic E-state index is -1.08. The van der Waals surface area contributed by atoms with Crippen molar-refractivity contribution in [2.75, 3.05) is 13.2 Å². The summed E-state index contributed by atoms with van der Waals surface area (Å²) in [6.07, 6.45) is 20.3. The summed E-state index contributed by atoms with van der Waals surface area (Å²) in [5.41, 5.74) is 8.00. The van der Waals surface area contributed by atoms with E-state index in [1.807, 2.05) is 191 Å². The number of carboxylic acids is 1. The number of unbranched alkanes of at least 4 members (excludes halogenated alkanes) is 8. The topological polar surface area (TPSA) is 194 Å². The highest BCUT2D eigenvalue weighted by molar-refractivity contribution is 9.10. The fourth-order valence-corrected chi connectivity index (χ4v) is 11.2. The van der Waals surface area contributed by atoms with Crippen molar-refractivity contribution < 1.29 is 47.8 Å². The van der Waals surface area contributed by atoms with E-state index in [9.17, 15) is 24.3 Å². The van der Waals surface area contributed by atoms with Crippen molar-refractivity contribution in [3.8, 4) is 34.1 Å². The first-order valence-electron chi connectivity index (χ1n) is 35.3. The zero-order chi connectivity index (χ0) is 72.8. The number of imidazole rings is 2. The molecule has 2 aromatic heterocycles. The highest BCUT2D eigenvalue weighted by atomic mass is 79.9. The molecule has 6 aromatic carbocycles. The molecule has 0 radical (unpaired) electrons. The quantitative estimate of drug-likeness (QED) is 0.0239. The molecule has 16 nitrogen and oxygen atoms in total. The number of rotatable bonds is 28. The van der Waals surface area contributed by atoms with Crippen LogP contribution in [0, 0.1) is 0 Å². The van der Waals surface area contributed by atoms with Gasteiger partial charge >= 0.3 is 19.1 Å². The van der Waals surface area contributed by atoms with E-state index in [0.717, 1.165) is 92.5 Å². The number of amides is 2. The van der Waals surface area contributed by atoms with Gasteiger partial charge in [-0.3, -0.25) is 9.59 Å². The van der Waals surface area contributed by atoms with Gasteiger partial charge < -0.3 is 48.4 Å². The van der Waals surface area contributed by atoms with Gasteiger partial charge in [0.2, 0.25) is 0 Å². The lowest BCUT2D eigenvalue weighted by Gasteiger charge is -2.32. The zero-order valence-corrected chi connectivity index (χ0v) is 63.2. The molecular formula is C82H106BBrN6O10. The molecule has 2 amide bonds. The van der Waals surface area contributed by atoms with Gasteiger partial charge in [-0.25, -0.2) is 19.6 Å². The van der Waals surface area contributed by atoms with E-state index in [2.05, 4.69) is 91.9 Å². The van der Waals surface area contributed by atoms with Gasteiger partial charge in [0.05, 0.1) is 36.4 Å². The average Bonchev–Trinajstić information content (AvgIpc) is 1.64. The number of aliphatic carboxylic acids is 1. The molecule has 2 atom stereocenters. The molecule has 100 heavy (non-hydrogen) atoms. The second kappa shape index (κ2) is 36.3. The Morgan fingerprint density at radius 2 is 0.940 bits per heavy atom. The molecule has 0 bridgehead atoms. The number of carbonyl (C=O) groups excluding carboxylic acids is 3. The van der Waals surface area contributed by atoms with Crippen molar-refractivity contribution in [2.24, 2.45) is 0 Å². The molecule has 0 spiro atoms. The minimum absolute atomic E-state index is 0.0136. The van der Waals surface area contributed by atoms with Crippen LogP contribution in [-0.2, 0) is 47.3 Å². The van der Waals surface area contributed by atoms with Crippen molar-refractivity contribution in [3.63, 3.8) is 0 Å². The van der Waals surface area contributed by atoms with Gasteiger partial charge in [0.15, 0.2) is 0 Å². The summed E-state index contributed by atoms with van der Waals surface area (Å²) < 4.78 is 34.3. The third-order valence-corrected chi connectivity index (χ3v) is 18.1. The number of esters is 1. The van der Waals surface area contributed by atoms with Gasteiger partial charge in [-0.1, -0.05) is 180 Å². The molecule has 0 saturated carbocycles. The number of hydrogen-bond donors (Lipinski definition) is 3. The summed E-state index contributed by atoms with van der Waals surface area (Å²) in [4.78, 5) is 59.6. The largest absolute Gasteiger partial charge is 0.494 e. The summed E-state index contributed by atoms with van der Waals surface area (Å²) in [7, 11) is -0.462. The zero-order valence-electron chi connectivity index (χ0n) is 61.6. The van der Waals surface area contributed by atoms with Crippen molar-refractivity contribution in [1.29, 1.82) is 0 Å². The smallest absolute Gasteiger partial charge is 0.494 e. The number of nitrogens with one attached hydrogen (secondary N) is 2. The van der Waals surface area contributed by atoms with E-state index < -0.39 is 53.9 Å². The Morgan fingerprint density at radius 3 is 1.35 bits per heavy atom. The summed E-state index contributed by atoms with van der Waals surface area (Å²) in [5.74, 6) is -0.469. The second-order valence-electron chi connectivity index (χ2n) is 29.8. The Kier molecular flexibility index (Phi) is 28.7. The van der Waals surface area contributed by atoms with Crippen molar-refractivity contribution in [3.05, 3.63) is 209 Å². The van der Waals surface area contributed by atoms with Gasteiger partial charge in [0.25, 0.3) is 11.8 Å². The molecule has 0 aliphatic carbocycles. The molecule has 3 heterocycles. The maximum absolute atomic E-state index is 13.1. The van der Waals surface area contributed by atoms with Crippen molar-refractivity contribution >= 4 is 52.3 Å². The number of aromatic nitrogens is 4. The fourth-order valence-electron chi connectivity index (χ4n) is 10.8. The first kappa shape index (κ1) is 79.0. The van der Waals surface area contributed by atoms with E-state index in [0.29, 0.717) is 17.5 Å². The van der Waals surface area contributed by atoms with Crippen LogP contribution < -0.4 is 25.6 Å². The summed E-state index contributed by atoms with van der Waals surface area (Å²) in [6.45, 7) is 32.2. The molecule has 1 aliphatic rings. The number of carbonyl (C=O) groups is 4. The summed E-state index contributed by atoms with van der Waals surface area (Å²) in [6, 6.07) is 44.3. The van der Waals surface area contributed by atoms with E-state index in [4.69, 9.17) is 23.5 Å². The van der Waals surface area contributed by atoms with Crippen LogP contribution in [-0.4, -0.2) is 97.2 Å². The van der Waals surface area contributed by atoms with E-state index in [-0.39, 0.29) is 23.2 Å². The first-order chi connectivity index (χ1) is 47.3. The van der Waals surface area contributed by atoms with Crippen LogP contribution in [0.4, 0.5) is 0 Å².